The second kappa shape index (κ2) is 3.19. The number of esters is 1. The fraction of sp³-hybridized carbons (Fsp3) is 0.667. The molecular weight excluding hydrogens is 192 g/mol. The predicted octanol–water partition coefficient (Wildman–Crippen LogP) is 1.33. The molecule has 0 aromatic heterocycles. The first kappa shape index (κ1) is 9.13. The quantitative estimate of drug-likeness (QED) is 0.505. The van der Waals surface area contributed by atoms with Gasteiger partial charge in [0.2, 0.25) is 0 Å². The van der Waals surface area contributed by atoms with Crippen LogP contribution < -0.4 is 0 Å². The smallest absolute Gasteiger partial charge is 0.306 e. The van der Waals surface area contributed by atoms with Crippen LogP contribution in [0.15, 0.2) is 12.2 Å². The van der Waals surface area contributed by atoms with E-state index in [1.165, 1.54) is 0 Å². The van der Waals surface area contributed by atoms with E-state index in [0.717, 1.165) is 12.8 Å². The molecule has 3 heteroatoms. The number of ketones is 1. The van der Waals surface area contributed by atoms with Gasteiger partial charge in [0.25, 0.3) is 0 Å². The SMILES string of the molecule is O=C1CC(C(=O)C2CC3C=CC2C3)CO1. The zero-order chi connectivity index (χ0) is 10.4. The molecule has 2 fully saturated rings. The van der Waals surface area contributed by atoms with Crippen LogP contribution in [0.5, 0.6) is 0 Å². The van der Waals surface area contributed by atoms with Gasteiger partial charge in [0.15, 0.2) is 0 Å². The summed E-state index contributed by atoms with van der Waals surface area (Å²) in [5.41, 5.74) is 0. The lowest BCUT2D eigenvalue weighted by Crippen LogP contribution is -2.26. The standard InChI is InChI=1S/C12H14O3/c13-11-5-9(6-15-11)12(14)10-4-7-1-2-8(10)3-7/h1-2,7-10H,3-6H2. The van der Waals surface area contributed by atoms with E-state index in [2.05, 4.69) is 12.2 Å². The zero-order valence-electron chi connectivity index (χ0n) is 8.52. The van der Waals surface area contributed by atoms with E-state index in [1.807, 2.05) is 0 Å². The van der Waals surface area contributed by atoms with Crippen LogP contribution in [0.3, 0.4) is 0 Å². The fourth-order valence-corrected chi connectivity index (χ4v) is 3.11. The second-order valence-electron chi connectivity index (χ2n) is 4.87. The lowest BCUT2D eigenvalue weighted by Gasteiger charge is -2.18. The lowest BCUT2D eigenvalue weighted by atomic mass is 9.83. The summed E-state index contributed by atoms with van der Waals surface area (Å²) in [6.45, 7) is 0.315. The summed E-state index contributed by atoms with van der Waals surface area (Å²) in [5.74, 6) is 1.11. The van der Waals surface area contributed by atoms with Gasteiger partial charge in [0.05, 0.1) is 12.3 Å². The third-order valence-corrected chi connectivity index (χ3v) is 3.91. The van der Waals surface area contributed by atoms with Crippen LogP contribution in [-0.4, -0.2) is 18.4 Å². The molecule has 4 unspecified atom stereocenters. The van der Waals surface area contributed by atoms with Crippen molar-refractivity contribution < 1.29 is 14.3 Å². The van der Waals surface area contributed by atoms with E-state index < -0.39 is 0 Å². The maximum atomic E-state index is 12.1. The van der Waals surface area contributed by atoms with Crippen LogP contribution in [0.25, 0.3) is 0 Å². The molecule has 2 aliphatic carbocycles. The topological polar surface area (TPSA) is 43.4 Å². The van der Waals surface area contributed by atoms with Crippen molar-refractivity contribution in [1.82, 2.24) is 0 Å². The van der Waals surface area contributed by atoms with Crippen LogP contribution in [0.2, 0.25) is 0 Å². The minimum atomic E-state index is -0.216. The maximum absolute atomic E-state index is 12.1. The molecule has 3 rings (SSSR count). The molecule has 0 aromatic carbocycles. The number of cyclic esters (lactones) is 1. The number of rotatable bonds is 2. The van der Waals surface area contributed by atoms with Gasteiger partial charge >= 0.3 is 5.97 Å². The molecule has 2 bridgehead atoms. The summed E-state index contributed by atoms with van der Waals surface area (Å²) in [4.78, 5) is 23.1. The Kier molecular flexibility index (Phi) is 1.94. The molecule has 3 nitrogen and oxygen atoms in total. The zero-order valence-corrected chi connectivity index (χ0v) is 8.52. The number of carbonyl (C=O) groups excluding carboxylic acids is 2. The molecule has 4 atom stereocenters. The molecule has 1 aliphatic heterocycles. The van der Waals surface area contributed by atoms with E-state index in [0.29, 0.717) is 24.9 Å². The monoisotopic (exact) mass is 206 g/mol. The van der Waals surface area contributed by atoms with Crippen molar-refractivity contribution in [2.75, 3.05) is 6.61 Å². The lowest BCUT2D eigenvalue weighted by molar-refractivity contribution is -0.137. The second-order valence-corrected chi connectivity index (χ2v) is 4.87. The molecule has 0 spiro atoms. The molecular formula is C12H14O3. The number of ether oxygens (including phenoxy) is 1. The summed E-state index contributed by atoms with van der Waals surface area (Å²) in [5, 5.41) is 0. The van der Waals surface area contributed by atoms with Crippen LogP contribution in [0, 0.1) is 23.7 Å². The first-order valence-corrected chi connectivity index (χ1v) is 5.61. The Labute approximate surface area is 88.5 Å². The minimum Gasteiger partial charge on any atom is -0.465 e. The van der Waals surface area contributed by atoms with Crippen LogP contribution in [0.1, 0.15) is 19.3 Å². The Hall–Kier alpha value is -1.12. The molecule has 0 aromatic rings. The highest BCUT2D eigenvalue weighted by Gasteiger charge is 2.43. The van der Waals surface area contributed by atoms with Gasteiger partial charge in [-0.3, -0.25) is 9.59 Å². The van der Waals surface area contributed by atoms with Gasteiger partial charge in [-0.25, -0.2) is 0 Å². The van der Waals surface area contributed by atoms with Gasteiger partial charge in [0, 0.05) is 5.92 Å². The van der Waals surface area contributed by atoms with Crippen molar-refractivity contribution in [3.8, 4) is 0 Å². The summed E-state index contributed by atoms with van der Waals surface area (Å²) in [7, 11) is 0. The molecule has 3 aliphatic rings. The molecule has 0 radical (unpaired) electrons. The van der Waals surface area contributed by atoms with Crippen molar-refractivity contribution in [2.24, 2.45) is 23.7 Å². The highest BCUT2D eigenvalue weighted by atomic mass is 16.5. The number of fused-ring (bicyclic) bond motifs is 2. The first-order chi connectivity index (χ1) is 7.24. The van der Waals surface area contributed by atoms with Gasteiger partial charge < -0.3 is 4.74 Å². The summed E-state index contributed by atoms with van der Waals surface area (Å²) >= 11 is 0. The number of carbonyl (C=O) groups is 2. The number of Topliss-reactive ketones (excluding diaryl/α,β-unsaturated/α-hetero) is 1. The Morgan fingerprint density at radius 3 is 2.73 bits per heavy atom. The number of hydrogen-bond donors (Lipinski definition) is 0. The Balaban J connectivity index is 1.70. The van der Waals surface area contributed by atoms with E-state index in [-0.39, 0.29) is 23.6 Å². The van der Waals surface area contributed by atoms with Gasteiger partial charge in [0.1, 0.15) is 12.4 Å². The highest BCUT2D eigenvalue weighted by Crippen LogP contribution is 2.45. The molecule has 15 heavy (non-hydrogen) atoms. The van der Waals surface area contributed by atoms with Crippen LogP contribution in [-0.2, 0) is 14.3 Å². The van der Waals surface area contributed by atoms with Gasteiger partial charge in [-0.15, -0.1) is 0 Å². The van der Waals surface area contributed by atoms with E-state index in [1.54, 1.807) is 0 Å². The minimum absolute atomic E-state index is 0.157. The predicted molar refractivity (Wildman–Crippen MR) is 52.9 cm³/mol. The molecule has 1 saturated carbocycles. The third-order valence-electron chi connectivity index (χ3n) is 3.91. The van der Waals surface area contributed by atoms with Crippen molar-refractivity contribution in [2.45, 2.75) is 19.3 Å². The summed E-state index contributed by atoms with van der Waals surface area (Å²) in [6, 6.07) is 0. The number of hydrogen-bond acceptors (Lipinski definition) is 3. The van der Waals surface area contributed by atoms with E-state index in [4.69, 9.17) is 4.74 Å². The maximum Gasteiger partial charge on any atom is 0.306 e. The summed E-state index contributed by atoms with van der Waals surface area (Å²) in [6.07, 6.45) is 6.83. The molecule has 1 heterocycles. The van der Waals surface area contributed by atoms with Gasteiger partial charge in [-0.05, 0) is 24.7 Å². The average Bonchev–Trinajstić information content (AvgIpc) is 2.90. The molecule has 0 N–H and O–H groups in total. The molecule has 0 amide bonds. The van der Waals surface area contributed by atoms with Crippen molar-refractivity contribution >= 4 is 11.8 Å². The van der Waals surface area contributed by atoms with E-state index >= 15 is 0 Å². The van der Waals surface area contributed by atoms with Crippen molar-refractivity contribution in [1.29, 1.82) is 0 Å². The van der Waals surface area contributed by atoms with Crippen molar-refractivity contribution in [3.63, 3.8) is 0 Å². The molecule has 80 valence electrons. The largest absolute Gasteiger partial charge is 0.465 e. The number of allylic oxidation sites excluding steroid dienone is 2. The Morgan fingerprint density at radius 1 is 1.33 bits per heavy atom. The summed E-state index contributed by atoms with van der Waals surface area (Å²) < 4.78 is 4.85. The normalized spacial score (nSPS) is 42.3. The third kappa shape index (κ3) is 1.41. The Morgan fingerprint density at radius 2 is 2.20 bits per heavy atom. The van der Waals surface area contributed by atoms with E-state index in [9.17, 15) is 9.59 Å². The van der Waals surface area contributed by atoms with Crippen LogP contribution >= 0.6 is 0 Å². The highest BCUT2D eigenvalue weighted by molar-refractivity contribution is 5.89. The van der Waals surface area contributed by atoms with Gasteiger partial charge in [-0.2, -0.15) is 0 Å². The Bertz CT molecular complexity index is 345. The van der Waals surface area contributed by atoms with Crippen molar-refractivity contribution in [3.05, 3.63) is 12.2 Å². The fourth-order valence-electron chi connectivity index (χ4n) is 3.11. The average molecular weight is 206 g/mol. The molecule has 1 saturated heterocycles. The first-order valence-electron chi connectivity index (χ1n) is 5.61. The van der Waals surface area contributed by atoms with Gasteiger partial charge in [-0.1, -0.05) is 12.2 Å². The van der Waals surface area contributed by atoms with Crippen LogP contribution in [0.4, 0.5) is 0 Å².